The molecule has 134 valence electrons. The summed E-state index contributed by atoms with van der Waals surface area (Å²) in [5, 5.41) is 0. The van der Waals surface area contributed by atoms with Crippen molar-refractivity contribution in [2.24, 2.45) is 16.3 Å². The van der Waals surface area contributed by atoms with Gasteiger partial charge < -0.3 is 14.2 Å². The predicted octanol–water partition coefficient (Wildman–Crippen LogP) is 5.14. The molecule has 25 heavy (non-hydrogen) atoms. The van der Waals surface area contributed by atoms with E-state index in [9.17, 15) is 0 Å². The molecule has 2 saturated carbocycles. The molecule has 0 unspecified atom stereocenters. The SMILES string of the molecule is COc1cc2c(cc1OC)/C(OC1CC3(CC(C)C3)C1)=C\CCC=N2. The lowest BCUT2D eigenvalue weighted by Gasteiger charge is -2.56. The third-order valence-corrected chi connectivity index (χ3v) is 5.80. The van der Waals surface area contributed by atoms with E-state index in [0.717, 1.165) is 35.8 Å². The Balaban J connectivity index is 1.57. The molecular formula is C21H27NO3. The van der Waals surface area contributed by atoms with Crippen molar-refractivity contribution in [3.05, 3.63) is 23.8 Å². The van der Waals surface area contributed by atoms with E-state index >= 15 is 0 Å². The molecule has 1 aliphatic heterocycles. The summed E-state index contributed by atoms with van der Waals surface area (Å²) in [5.74, 6) is 3.25. The van der Waals surface area contributed by atoms with Crippen molar-refractivity contribution < 1.29 is 14.2 Å². The summed E-state index contributed by atoms with van der Waals surface area (Å²) in [6.45, 7) is 2.35. The molecule has 4 rings (SSSR count). The number of ether oxygens (including phenoxy) is 3. The highest BCUT2D eigenvalue weighted by molar-refractivity contribution is 5.79. The first-order valence-corrected chi connectivity index (χ1v) is 9.28. The largest absolute Gasteiger partial charge is 0.493 e. The van der Waals surface area contributed by atoms with Crippen LogP contribution in [0.25, 0.3) is 5.76 Å². The molecule has 0 atom stereocenters. The average Bonchev–Trinajstić information content (AvgIpc) is 2.54. The van der Waals surface area contributed by atoms with E-state index in [1.54, 1.807) is 14.2 Å². The van der Waals surface area contributed by atoms with Gasteiger partial charge in [-0.25, -0.2) is 0 Å². The molecule has 2 fully saturated rings. The number of rotatable bonds is 4. The molecule has 1 heterocycles. The van der Waals surface area contributed by atoms with Crippen LogP contribution in [0.3, 0.4) is 0 Å². The van der Waals surface area contributed by atoms with Crippen molar-refractivity contribution in [3.8, 4) is 11.5 Å². The second-order valence-corrected chi connectivity index (χ2v) is 7.84. The molecule has 3 aliphatic rings. The van der Waals surface area contributed by atoms with Crippen molar-refractivity contribution in [2.45, 2.75) is 51.6 Å². The van der Waals surface area contributed by atoms with Crippen molar-refractivity contribution in [1.29, 1.82) is 0 Å². The molecule has 4 nitrogen and oxygen atoms in total. The maximum atomic E-state index is 6.42. The second kappa shape index (κ2) is 6.40. The maximum Gasteiger partial charge on any atom is 0.162 e. The van der Waals surface area contributed by atoms with Gasteiger partial charge in [-0.05, 0) is 62.0 Å². The number of hydrogen-bond acceptors (Lipinski definition) is 4. The molecule has 0 saturated heterocycles. The standard InChI is InChI=1S/C21H27NO3/c1-14-10-21(11-14)12-15(13-21)25-18-6-4-5-7-22-17-9-20(24-3)19(23-2)8-16(17)18/h6-9,14-15H,4-5,10-13H2,1-3H3/b18-6+,22-7?. The molecule has 4 heteroatoms. The minimum atomic E-state index is 0.336. The van der Waals surface area contributed by atoms with Gasteiger partial charge in [-0.1, -0.05) is 6.92 Å². The fourth-order valence-electron chi connectivity index (χ4n) is 4.77. The number of fused-ring (bicyclic) bond motifs is 1. The molecule has 0 radical (unpaired) electrons. The minimum absolute atomic E-state index is 0.336. The maximum absolute atomic E-state index is 6.42. The smallest absolute Gasteiger partial charge is 0.162 e. The molecule has 1 aromatic carbocycles. The fraction of sp³-hybridized carbons (Fsp3) is 0.571. The zero-order valence-corrected chi connectivity index (χ0v) is 15.4. The Morgan fingerprint density at radius 3 is 2.40 bits per heavy atom. The van der Waals surface area contributed by atoms with Gasteiger partial charge in [0.1, 0.15) is 5.76 Å². The normalized spacial score (nSPS) is 32.4. The summed E-state index contributed by atoms with van der Waals surface area (Å²) in [5.41, 5.74) is 2.47. The van der Waals surface area contributed by atoms with Crippen LogP contribution in [0.2, 0.25) is 0 Å². The van der Waals surface area contributed by atoms with Crippen LogP contribution in [0.15, 0.2) is 23.2 Å². The van der Waals surface area contributed by atoms with Crippen LogP contribution in [-0.2, 0) is 4.74 Å². The summed E-state index contributed by atoms with van der Waals surface area (Å²) < 4.78 is 17.3. The number of hydrogen-bond donors (Lipinski definition) is 0. The van der Waals surface area contributed by atoms with E-state index in [1.165, 1.54) is 25.7 Å². The first-order valence-electron chi connectivity index (χ1n) is 9.28. The van der Waals surface area contributed by atoms with Gasteiger partial charge in [-0.15, -0.1) is 0 Å². The van der Waals surface area contributed by atoms with Gasteiger partial charge >= 0.3 is 0 Å². The fourth-order valence-corrected chi connectivity index (χ4v) is 4.77. The van der Waals surface area contributed by atoms with Gasteiger partial charge in [0.2, 0.25) is 0 Å². The highest BCUT2D eigenvalue weighted by atomic mass is 16.5. The Bertz CT molecular complexity index is 708. The van der Waals surface area contributed by atoms with E-state index in [0.29, 0.717) is 23.0 Å². The first-order chi connectivity index (χ1) is 12.1. The summed E-state index contributed by atoms with van der Waals surface area (Å²) in [6.07, 6.45) is 11.5. The van der Waals surface area contributed by atoms with Crippen LogP contribution in [0, 0.1) is 11.3 Å². The van der Waals surface area contributed by atoms with Crippen LogP contribution in [0.4, 0.5) is 5.69 Å². The lowest BCUT2D eigenvalue weighted by Crippen LogP contribution is -2.50. The molecule has 0 N–H and O–H groups in total. The topological polar surface area (TPSA) is 40.0 Å². The molecule has 2 aliphatic carbocycles. The van der Waals surface area contributed by atoms with Crippen molar-refractivity contribution in [1.82, 2.24) is 0 Å². The van der Waals surface area contributed by atoms with E-state index in [1.807, 2.05) is 18.3 Å². The van der Waals surface area contributed by atoms with Crippen LogP contribution in [0.5, 0.6) is 11.5 Å². The number of allylic oxidation sites excluding steroid dienone is 1. The Kier molecular flexibility index (Phi) is 4.22. The quantitative estimate of drug-likeness (QED) is 0.761. The number of nitrogens with zero attached hydrogens (tertiary/aromatic N) is 1. The molecule has 1 aromatic rings. The van der Waals surface area contributed by atoms with Crippen LogP contribution in [-0.4, -0.2) is 26.5 Å². The zero-order chi connectivity index (χ0) is 17.4. The van der Waals surface area contributed by atoms with Gasteiger partial charge in [0, 0.05) is 17.8 Å². The lowest BCUT2D eigenvalue weighted by atomic mass is 9.51. The van der Waals surface area contributed by atoms with Crippen molar-refractivity contribution in [3.63, 3.8) is 0 Å². The molecule has 0 amide bonds. The summed E-state index contributed by atoms with van der Waals surface area (Å²) in [7, 11) is 3.31. The summed E-state index contributed by atoms with van der Waals surface area (Å²) >= 11 is 0. The molecular weight excluding hydrogens is 314 g/mol. The third kappa shape index (κ3) is 3.03. The van der Waals surface area contributed by atoms with Gasteiger partial charge in [0.15, 0.2) is 11.5 Å². The Morgan fingerprint density at radius 2 is 1.72 bits per heavy atom. The van der Waals surface area contributed by atoms with E-state index in [4.69, 9.17) is 14.2 Å². The number of aliphatic imine (C=N–C) groups is 1. The van der Waals surface area contributed by atoms with Crippen molar-refractivity contribution >= 4 is 17.7 Å². The summed E-state index contributed by atoms with van der Waals surface area (Å²) in [4.78, 5) is 4.62. The van der Waals surface area contributed by atoms with Crippen molar-refractivity contribution in [2.75, 3.05) is 14.2 Å². The Labute approximate surface area is 149 Å². The van der Waals surface area contributed by atoms with E-state index < -0.39 is 0 Å². The van der Waals surface area contributed by atoms with Gasteiger partial charge in [0.05, 0.1) is 26.0 Å². The number of methoxy groups -OCH3 is 2. The third-order valence-electron chi connectivity index (χ3n) is 5.80. The Morgan fingerprint density at radius 1 is 1.00 bits per heavy atom. The minimum Gasteiger partial charge on any atom is -0.493 e. The van der Waals surface area contributed by atoms with Crippen LogP contribution >= 0.6 is 0 Å². The first kappa shape index (κ1) is 16.5. The van der Waals surface area contributed by atoms with Gasteiger partial charge in [0.25, 0.3) is 0 Å². The number of benzene rings is 1. The van der Waals surface area contributed by atoms with Gasteiger partial charge in [-0.2, -0.15) is 0 Å². The van der Waals surface area contributed by atoms with Gasteiger partial charge in [-0.3, -0.25) is 4.99 Å². The predicted molar refractivity (Wildman–Crippen MR) is 99.8 cm³/mol. The highest BCUT2D eigenvalue weighted by Crippen LogP contribution is 2.60. The molecule has 1 spiro atoms. The Hall–Kier alpha value is -1.97. The zero-order valence-electron chi connectivity index (χ0n) is 15.4. The monoisotopic (exact) mass is 341 g/mol. The van der Waals surface area contributed by atoms with E-state index in [2.05, 4.69) is 18.0 Å². The molecule has 0 bridgehead atoms. The summed E-state index contributed by atoms with van der Waals surface area (Å²) in [6, 6.07) is 3.92. The second-order valence-electron chi connectivity index (χ2n) is 7.84. The van der Waals surface area contributed by atoms with Crippen LogP contribution in [0.1, 0.15) is 51.0 Å². The average molecular weight is 341 g/mol. The highest BCUT2D eigenvalue weighted by Gasteiger charge is 2.52. The van der Waals surface area contributed by atoms with E-state index in [-0.39, 0.29) is 0 Å². The van der Waals surface area contributed by atoms with Crippen LogP contribution < -0.4 is 9.47 Å². The molecule has 0 aromatic heterocycles. The lowest BCUT2D eigenvalue weighted by molar-refractivity contribution is -0.105.